The highest BCUT2D eigenvalue weighted by Gasteiger charge is 2.07. The molecule has 0 bridgehead atoms. The molecule has 0 saturated carbocycles. The lowest BCUT2D eigenvalue weighted by Gasteiger charge is -2.11. The summed E-state index contributed by atoms with van der Waals surface area (Å²) in [5.74, 6) is 0. The van der Waals surface area contributed by atoms with Crippen LogP contribution in [0.3, 0.4) is 0 Å². The van der Waals surface area contributed by atoms with Gasteiger partial charge < -0.3 is 0 Å². The molecule has 0 heterocycles. The molecule has 4 aromatic carbocycles. The Balaban J connectivity index is 2.20. The van der Waals surface area contributed by atoms with E-state index < -0.39 is 0 Å². The number of hydrogen-bond acceptors (Lipinski definition) is 0. The number of aryl methyl sites for hydroxylation is 2. The monoisotopic (exact) mass is 270 g/mol. The molecule has 0 unspecified atom stereocenters. The van der Waals surface area contributed by atoms with Gasteiger partial charge in [0.25, 0.3) is 0 Å². The maximum atomic E-state index is 2.34. The van der Waals surface area contributed by atoms with Crippen LogP contribution in [0.4, 0.5) is 0 Å². The van der Waals surface area contributed by atoms with Gasteiger partial charge in [0.2, 0.25) is 0 Å². The van der Waals surface area contributed by atoms with E-state index in [-0.39, 0.29) is 0 Å². The van der Waals surface area contributed by atoms with Crippen LogP contribution in [0.1, 0.15) is 18.1 Å². The quantitative estimate of drug-likeness (QED) is 0.293. The van der Waals surface area contributed by atoms with Crippen molar-refractivity contribution in [1.82, 2.24) is 0 Å². The van der Waals surface area contributed by atoms with Crippen molar-refractivity contribution in [1.29, 1.82) is 0 Å². The summed E-state index contributed by atoms with van der Waals surface area (Å²) in [6, 6.07) is 22.3. The van der Waals surface area contributed by atoms with Gasteiger partial charge in [-0.3, -0.25) is 0 Å². The third-order valence-electron chi connectivity index (χ3n) is 4.58. The van der Waals surface area contributed by atoms with E-state index >= 15 is 0 Å². The minimum absolute atomic E-state index is 1.09. The predicted octanol–water partition coefficient (Wildman–Crippen LogP) is 6.02. The minimum Gasteiger partial charge on any atom is -0.0616 e. The summed E-state index contributed by atoms with van der Waals surface area (Å²) >= 11 is 0. The van der Waals surface area contributed by atoms with Gasteiger partial charge >= 0.3 is 0 Å². The second kappa shape index (κ2) is 4.60. The third-order valence-corrected chi connectivity index (χ3v) is 4.58. The SMILES string of the molecule is CCc1c(C)ccc2c1ccc1cc3ccccc3cc12. The number of hydrogen-bond donors (Lipinski definition) is 0. The summed E-state index contributed by atoms with van der Waals surface area (Å²) in [5.41, 5.74) is 2.87. The summed E-state index contributed by atoms with van der Waals surface area (Å²) in [6.07, 6.45) is 1.09. The van der Waals surface area contributed by atoms with Gasteiger partial charge in [-0.1, -0.05) is 55.5 Å². The van der Waals surface area contributed by atoms with Crippen LogP contribution in [0.25, 0.3) is 32.3 Å². The second-order valence-electron chi connectivity index (χ2n) is 5.80. The minimum atomic E-state index is 1.09. The van der Waals surface area contributed by atoms with E-state index in [0.717, 1.165) is 6.42 Å². The van der Waals surface area contributed by atoms with Gasteiger partial charge in [0.05, 0.1) is 0 Å². The van der Waals surface area contributed by atoms with Gasteiger partial charge in [-0.15, -0.1) is 0 Å². The lowest BCUT2D eigenvalue weighted by molar-refractivity contribution is 1.13. The Bertz CT molecular complexity index is 977. The van der Waals surface area contributed by atoms with Crippen LogP contribution >= 0.6 is 0 Å². The summed E-state index contributed by atoms with van der Waals surface area (Å²) in [6.45, 7) is 4.45. The Labute approximate surface area is 125 Å². The van der Waals surface area contributed by atoms with Crippen molar-refractivity contribution in [2.75, 3.05) is 0 Å². The van der Waals surface area contributed by atoms with E-state index in [1.54, 1.807) is 0 Å². The maximum absolute atomic E-state index is 2.34. The van der Waals surface area contributed by atoms with Crippen molar-refractivity contribution in [2.45, 2.75) is 20.3 Å². The lowest BCUT2D eigenvalue weighted by atomic mass is 9.93. The van der Waals surface area contributed by atoms with E-state index in [4.69, 9.17) is 0 Å². The molecule has 0 aliphatic carbocycles. The molecule has 0 radical (unpaired) electrons. The Morgan fingerprint density at radius 3 is 2.14 bits per heavy atom. The molecular weight excluding hydrogens is 252 g/mol. The van der Waals surface area contributed by atoms with Crippen LogP contribution in [-0.2, 0) is 6.42 Å². The zero-order chi connectivity index (χ0) is 14.4. The summed E-state index contributed by atoms with van der Waals surface area (Å²) in [7, 11) is 0. The van der Waals surface area contributed by atoms with Gasteiger partial charge in [-0.25, -0.2) is 0 Å². The highest BCUT2D eigenvalue weighted by atomic mass is 14.1. The lowest BCUT2D eigenvalue weighted by Crippen LogP contribution is -1.89. The largest absolute Gasteiger partial charge is 0.0616 e. The number of rotatable bonds is 1. The van der Waals surface area contributed by atoms with Crippen molar-refractivity contribution in [2.24, 2.45) is 0 Å². The van der Waals surface area contributed by atoms with Crippen molar-refractivity contribution in [3.8, 4) is 0 Å². The summed E-state index contributed by atoms with van der Waals surface area (Å²) in [5, 5.41) is 8.09. The van der Waals surface area contributed by atoms with Crippen LogP contribution in [0, 0.1) is 6.92 Å². The average Bonchev–Trinajstić information content (AvgIpc) is 2.52. The van der Waals surface area contributed by atoms with E-state index in [9.17, 15) is 0 Å². The molecule has 0 aromatic heterocycles. The molecule has 21 heavy (non-hydrogen) atoms. The molecule has 0 aliphatic heterocycles. The molecule has 0 nitrogen and oxygen atoms in total. The second-order valence-corrected chi connectivity index (χ2v) is 5.80. The zero-order valence-corrected chi connectivity index (χ0v) is 12.5. The molecule has 0 N–H and O–H groups in total. The highest BCUT2D eigenvalue weighted by Crippen LogP contribution is 2.32. The van der Waals surface area contributed by atoms with E-state index in [1.807, 2.05) is 0 Å². The van der Waals surface area contributed by atoms with Crippen molar-refractivity contribution < 1.29 is 0 Å². The molecule has 4 aromatic rings. The van der Waals surface area contributed by atoms with Crippen molar-refractivity contribution in [3.05, 3.63) is 71.8 Å². The Morgan fingerprint density at radius 1 is 0.667 bits per heavy atom. The van der Waals surface area contributed by atoms with Crippen molar-refractivity contribution in [3.63, 3.8) is 0 Å². The Kier molecular flexibility index (Phi) is 2.71. The first kappa shape index (κ1) is 12.4. The smallest absolute Gasteiger partial charge is 0.00989 e. The number of benzene rings is 4. The van der Waals surface area contributed by atoms with E-state index in [0.29, 0.717) is 0 Å². The predicted molar refractivity (Wildman–Crippen MR) is 93.1 cm³/mol. The zero-order valence-electron chi connectivity index (χ0n) is 12.5. The molecule has 0 saturated heterocycles. The third kappa shape index (κ3) is 1.83. The fourth-order valence-electron chi connectivity index (χ4n) is 3.47. The molecule has 0 amide bonds. The van der Waals surface area contributed by atoms with E-state index in [2.05, 4.69) is 74.5 Å². The molecule has 0 spiro atoms. The first-order valence-electron chi connectivity index (χ1n) is 7.61. The van der Waals surface area contributed by atoms with Gasteiger partial charge in [-0.05, 0) is 68.9 Å². The molecule has 0 heteroatoms. The average molecular weight is 270 g/mol. The van der Waals surface area contributed by atoms with Gasteiger partial charge in [0, 0.05) is 0 Å². The van der Waals surface area contributed by atoms with Gasteiger partial charge in [-0.2, -0.15) is 0 Å². The topological polar surface area (TPSA) is 0 Å². The molecular formula is C21H18. The highest BCUT2D eigenvalue weighted by molar-refractivity contribution is 6.12. The van der Waals surface area contributed by atoms with Crippen molar-refractivity contribution >= 4 is 32.3 Å². The molecule has 0 fully saturated rings. The van der Waals surface area contributed by atoms with Crippen LogP contribution in [0.5, 0.6) is 0 Å². The van der Waals surface area contributed by atoms with Gasteiger partial charge in [0.15, 0.2) is 0 Å². The maximum Gasteiger partial charge on any atom is -0.00989 e. The normalized spacial score (nSPS) is 11.5. The standard InChI is InChI=1S/C21H18/c1-3-18-14(2)8-10-20-19(18)11-9-17-12-15-6-4-5-7-16(15)13-21(17)20/h4-13H,3H2,1-2H3. The summed E-state index contributed by atoms with van der Waals surface area (Å²) < 4.78 is 0. The molecule has 0 atom stereocenters. The fraction of sp³-hybridized carbons (Fsp3) is 0.143. The van der Waals surface area contributed by atoms with Crippen LogP contribution in [0.2, 0.25) is 0 Å². The summed E-state index contributed by atoms with van der Waals surface area (Å²) in [4.78, 5) is 0. The number of fused-ring (bicyclic) bond motifs is 4. The Morgan fingerprint density at radius 2 is 1.38 bits per heavy atom. The molecule has 4 rings (SSSR count). The van der Waals surface area contributed by atoms with Crippen LogP contribution < -0.4 is 0 Å². The van der Waals surface area contributed by atoms with Gasteiger partial charge in [0.1, 0.15) is 0 Å². The van der Waals surface area contributed by atoms with E-state index in [1.165, 1.54) is 43.4 Å². The first-order valence-corrected chi connectivity index (χ1v) is 7.61. The van der Waals surface area contributed by atoms with Crippen LogP contribution in [0.15, 0.2) is 60.7 Å². The Hall–Kier alpha value is -2.34. The molecule has 102 valence electrons. The first-order chi connectivity index (χ1) is 10.3. The fourth-order valence-corrected chi connectivity index (χ4v) is 3.47. The van der Waals surface area contributed by atoms with Crippen LogP contribution in [-0.4, -0.2) is 0 Å². The molecule has 0 aliphatic rings.